The molecule has 0 spiro atoms. The number of thiazole rings is 1. The highest BCUT2D eigenvalue weighted by atomic mass is 79.9. The third kappa shape index (κ3) is 2.45. The first-order valence-corrected chi connectivity index (χ1v) is 6.05. The highest BCUT2D eigenvalue weighted by Crippen LogP contribution is 2.23. The summed E-state index contributed by atoms with van der Waals surface area (Å²) in [6, 6.07) is 4.09. The molecule has 0 aliphatic carbocycles. The van der Waals surface area contributed by atoms with Gasteiger partial charge < -0.3 is 5.32 Å². The summed E-state index contributed by atoms with van der Waals surface area (Å²) >= 11 is 4.55. The third-order valence-electron chi connectivity index (χ3n) is 1.84. The topological polar surface area (TPSA) is 42.0 Å². The molecule has 0 fully saturated rings. The van der Waals surface area contributed by atoms with Crippen molar-refractivity contribution in [3.05, 3.63) is 45.1 Å². The molecule has 82 valence electrons. The Morgan fingerprint density at radius 1 is 1.50 bits per heavy atom. The molecule has 6 heteroatoms. The summed E-state index contributed by atoms with van der Waals surface area (Å²) in [7, 11) is 0. The van der Waals surface area contributed by atoms with E-state index in [1.165, 1.54) is 29.5 Å². The summed E-state index contributed by atoms with van der Waals surface area (Å²) in [5.74, 6) is -0.760. The third-order valence-corrected chi connectivity index (χ3v) is 3.12. The van der Waals surface area contributed by atoms with Crippen LogP contribution < -0.4 is 5.32 Å². The van der Waals surface area contributed by atoms with Crippen LogP contribution in [0.2, 0.25) is 0 Å². The zero-order valence-electron chi connectivity index (χ0n) is 7.91. The minimum Gasteiger partial charge on any atom is -0.319 e. The van der Waals surface area contributed by atoms with Gasteiger partial charge in [0.05, 0.1) is 11.2 Å². The number of rotatable bonds is 2. The predicted octanol–water partition coefficient (Wildman–Crippen LogP) is 3.30. The van der Waals surface area contributed by atoms with Gasteiger partial charge >= 0.3 is 0 Å². The summed E-state index contributed by atoms with van der Waals surface area (Å²) in [6.45, 7) is 0. The Bertz CT molecular complexity index is 516. The van der Waals surface area contributed by atoms with E-state index in [0.717, 1.165) is 0 Å². The fourth-order valence-corrected chi connectivity index (χ4v) is 1.98. The molecule has 0 aliphatic heterocycles. The quantitative estimate of drug-likeness (QED) is 0.924. The minimum absolute atomic E-state index is 0.321. The molecule has 1 aromatic heterocycles. The maximum Gasteiger partial charge on any atom is 0.275 e. The number of hydrogen-bond donors (Lipinski definition) is 1. The van der Waals surface area contributed by atoms with Crippen molar-refractivity contribution in [3.63, 3.8) is 0 Å². The van der Waals surface area contributed by atoms with Gasteiger partial charge in [0, 0.05) is 9.85 Å². The first-order valence-electron chi connectivity index (χ1n) is 4.31. The molecule has 0 bridgehead atoms. The number of aromatic nitrogens is 1. The normalized spacial score (nSPS) is 10.1. The number of halogens is 2. The van der Waals surface area contributed by atoms with Gasteiger partial charge in [-0.1, -0.05) is 0 Å². The second-order valence-corrected chi connectivity index (χ2v) is 4.52. The van der Waals surface area contributed by atoms with E-state index < -0.39 is 5.82 Å². The van der Waals surface area contributed by atoms with Crippen LogP contribution in [-0.2, 0) is 0 Å². The van der Waals surface area contributed by atoms with E-state index in [1.807, 2.05) is 0 Å². The smallest absolute Gasteiger partial charge is 0.275 e. The average Bonchev–Trinajstić information content (AvgIpc) is 2.76. The van der Waals surface area contributed by atoms with Gasteiger partial charge in [0.25, 0.3) is 5.91 Å². The largest absolute Gasteiger partial charge is 0.319 e. The fourth-order valence-electron chi connectivity index (χ4n) is 1.10. The Morgan fingerprint density at radius 3 is 3.00 bits per heavy atom. The van der Waals surface area contributed by atoms with Crippen LogP contribution in [0.4, 0.5) is 10.1 Å². The molecule has 0 radical (unpaired) electrons. The monoisotopic (exact) mass is 300 g/mol. The molecule has 1 N–H and O–H groups in total. The molecule has 1 heterocycles. The summed E-state index contributed by atoms with van der Waals surface area (Å²) in [5, 5.41) is 4.20. The van der Waals surface area contributed by atoms with Gasteiger partial charge in [0.1, 0.15) is 11.5 Å². The number of hydrogen-bond acceptors (Lipinski definition) is 3. The zero-order valence-corrected chi connectivity index (χ0v) is 10.3. The summed E-state index contributed by atoms with van der Waals surface area (Å²) in [4.78, 5) is 15.5. The molecule has 0 atom stereocenters. The van der Waals surface area contributed by atoms with Gasteiger partial charge in [-0.05, 0) is 34.1 Å². The van der Waals surface area contributed by atoms with Gasteiger partial charge in [-0.3, -0.25) is 4.79 Å². The summed E-state index contributed by atoms with van der Waals surface area (Å²) in [6.07, 6.45) is 0. The van der Waals surface area contributed by atoms with Crippen molar-refractivity contribution >= 4 is 38.9 Å². The molecular weight excluding hydrogens is 295 g/mol. The van der Waals surface area contributed by atoms with Crippen LogP contribution >= 0.6 is 27.3 Å². The lowest BCUT2D eigenvalue weighted by atomic mass is 10.3. The molecular formula is C10H6BrFN2OS. The van der Waals surface area contributed by atoms with Gasteiger partial charge in [0.2, 0.25) is 0 Å². The van der Waals surface area contributed by atoms with Gasteiger partial charge in [-0.25, -0.2) is 9.37 Å². The van der Waals surface area contributed by atoms with Crippen molar-refractivity contribution in [2.24, 2.45) is 0 Å². The van der Waals surface area contributed by atoms with Gasteiger partial charge in [-0.2, -0.15) is 0 Å². The van der Waals surface area contributed by atoms with E-state index >= 15 is 0 Å². The number of anilines is 1. The standard InChI is InChI=1S/C10H6BrFN2OS/c11-7-2-1-6(12)3-8(7)14-10(15)9-4-16-5-13-9/h1-5H,(H,14,15). The first kappa shape index (κ1) is 11.2. The Balaban J connectivity index is 2.21. The van der Waals surface area contributed by atoms with Gasteiger partial charge in [-0.15, -0.1) is 11.3 Å². The summed E-state index contributed by atoms with van der Waals surface area (Å²) in [5.41, 5.74) is 2.27. The predicted molar refractivity (Wildman–Crippen MR) is 64.2 cm³/mol. The molecule has 16 heavy (non-hydrogen) atoms. The molecule has 2 rings (SSSR count). The number of amides is 1. The minimum atomic E-state index is -0.406. The van der Waals surface area contributed by atoms with Crippen molar-refractivity contribution in [1.82, 2.24) is 4.98 Å². The molecule has 2 aromatic rings. The Kier molecular flexibility index (Phi) is 3.31. The van der Waals surface area contributed by atoms with Crippen molar-refractivity contribution in [2.75, 3.05) is 5.32 Å². The van der Waals surface area contributed by atoms with E-state index in [2.05, 4.69) is 26.2 Å². The van der Waals surface area contributed by atoms with Crippen LogP contribution in [0.1, 0.15) is 10.5 Å². The van der Waals surface area contributed by atoms with E-state index in [4.69, 9.17) is 0 Å². The van der Waals surface area contributed by atoms with Crippen molar-refractivity contribution < 1.29 is 9.18 Å². The lowest BCUT2D eigenvalue weighted by Crippen LogP contribution is -2.12. The van der Waals surface area contributed by atoms with Crippen molar-refractivity contribution in [3.8, 4) is 0 Å². The van der Waals surface area contributed by atoms with Crippen LogP contribution in [0.15, 0.2) is 33.6 Å². The van der Waals surface area contributed by atoms with Gasteiger partial charge in [0.15, 0.2) is 0 Å². The molecule has 0 aliphatic rings. The number of nitrogens with zero attached hydrogens (tertiary/aromatic N) is 1. The number of benzene rings is 1. The number of nitrogens with one attached hydrogen (secondary N) is 1. The van der Waals surface area contributed by atoms with Crippen LogP contribution in [0.5, 0.6) is 0 Å². The van der Waals surface area contributed by atoms with Crippen LogP contribution in [0, 0.1) is 5.82 Å². The van der Waals surface area contributed by atoms with E-state index in [0.29, 0.717) is 15.9 Å². The van der Waals surface area contributed by atoms with Crippen LogP contribution in [-0.4, -0.2) is 10.9 Å². The Hall–Kier alpha value is -1.27. The highest BCUT2D eigenvalue weighted by Gasteiger charge is 2.10. The fraction of sp³-hybridized carbons (Fsp3) is 0. The maximum atomic E-state index is 13.0. The second-order valence-electron chi connectivity index (χ2n) is 2.95. The Morgan fingerprint density at radius 2 is 2.31 bits per heavy atom. The number of carbonyl (C=O) groups is 1. The van der Waals surface area contributed by atoms with E-state index in [9.17, 15) is 9.18 Å². The second kappa shape index (κ2) is 4.71. The van der Waals surface area contributed by atoms with Crippen molar-refractivity contribution in [2.45, 2.75) is 0 Å². The van der Waals surface area contributed by atoms with E-state index in [-0.39, 0.29) is 5.91 Å². The molecule has 3 nitrogen and oxygen atoms in total. The summed E-state index contributed by atoms with van der Waals surface area (Å²) < 4.78 is 13.6. The zero-order chi connectivity index (χ0) is 11.5. The van der Waals surface area contributed by atoms with Crippen LogP contribution in [0.3, 0.4) is 0 Å². The highest BCUT2D eigenvalue weighted by molar-refractivity contribution is 9.10. The average molecular weight is 301 g/mol. The van der Waals surface area contributed by atoms with E-state index in [1.54, 1.807) is 10.9 Å². The van der Waals surface area contributed by atoms with Crippen molar-refractivity contribution in [1.29, 1.82) is 0 Å². The lowest BCUT2D eigenvalue weighted by Gasteiger charge is -2.05. The molecule has 0 unspecified atom stereocenters. The SMILES string of the molecule is O=C(Nc1cc(F)ccc1Br)c1cscn1. The first-order chi connectivity index (χ1) is 7.66. The molecule has 0 saturated carbocycles. The molecule has 1 aromatic carbocycles. The Labute approximate surface area is 103 Å². The maximum absolute atomic E-state index is 13.0. The molecule has 0 saturated heterocycles. The molecule has 1 amide bonds. The van der Waals surface area contributed by atoms with Crippen LogP contribution in [0.25, 0.3) is 0 Å². The lowest BCUT2D eigenvalue weighted by molar-refractivity contribution is 0.102. The number of carbonyl (C=O) groups excluding carboxylic acids is 1.